The highest BCUT2D eigenvalue weighted by Gasteiger charge is 2.13. The second-order valence-electron chi connectivity index (χ2n) is 5.61. The van der Waals surface area contributed by atoms with Gasteiger partial charge in [-0.15, -0.1) is 11.3 Å². The molecule has 0 aliphatic carbocycles. The maximum Gasteiger partial charge on any atom is 0.226 e. The Kier molecular flexibility index (Phi) is 6.24. The van der Waals surface area contributed by atoms with Gasteiger partial charge in [-0.05, 0) is 38.8 Å². The minimum Gasteiger partial charge on any atom is -0.311 e. The van der Waals surface area contributed by atoms with Crippen molar-refractivity contribution in [2.24, 2.45) is 0 Å². The molecule has 0 aliphatic heterocycles. The number of aromatic nitrogens is 2. The Morgan fingerprint density at radius 2 is 2.13 bits per heavy atom. The topological polar surface area (TPSA) is 66.9 Å². The molecule has 0 spiro atoms. The summed E-state index contributed by atoms with van der Waals surface area (Å²) >= 11 is 1.75. The van der Waals surface area contributed by atoms with E-state index >= 15 is 0 Å². The third kappa shape index (κ3) is 5.11. The number of aryl methyl sites for hydroxylation is 3. The molecular formula is C17H24N4OS. The Hall–Kier alpha value is -1.79. The highest BCUT2D eigenvalue weighted by atomic mass is 32.1. The van der Waals surface area contributed by atoms with Gasteiger partial charge in [0.25, 0.3) is 0 Å². The normalized spacial score (nSPS) is 12.2. The number of amides is 1. The fourth-order valence-corrected chi connectivity index (χ4v) is 3.29. The summed E-state index contributed by atoms with van der Waals surface area (Å²) < 4.78 is 0. The van der Waals surface area contributed by atoms with Crippen LogP contribution in [0.15, 0.2) is 18.3 Å². The first kappa shape index (κ1) is 17.6. The molecule has 2 aromatic rings. The van der Waals surface area contributed by atoms with Gasteiger partial charge in [0.2, 0.25) is 5.91 Å². The van der Waals surface area contributed by atoms with Crippen molar-refractivity contribution in [1.29, 1.82) is 0 Å². The minimum absolute atomic E-state index is 0.0312. The Labute approximate surface area is 141 Å². The summed E-state index contributed by atoms with van der Waals surface area (Å²) in [6.07, 6.45) is 3.12. The van der Waals surface area contributed by atoms with Crippen LogP contribution in [0.2, 0.25) is 0 Å². The second-order valence-corrected chi connectivity index (χ2v) is 6.72. The number of nitrogens with one attached hydrogen (secondary N) is 2. The Bertz CT molecular complexity index is 651. The van der Waals surface area contributed by atoms with Crippen molar-refractivity contribution in [2.45, 2.75) is 46.6 Å². The number of rotatable bonds is 7. The molecule has 0 radical (unpaired) electrons. The molecule has 0 aromatic carbocycles. The van der Waals surface area contributed by atoms with Crippen LogP contribution in [-0.2, 0) is 11.2 Å². The number of anilines is 1. The first-order valence-electron chi connectivity index (χ1n) is 7.91. The lowest BCUT2D eigenvalue weighted by atomic mass is 10.2. The van der Waals surface area contributed by atoms with Crippen LogP contribution in [0.5, 0.6) is 0 Å². The zero-order valence-corrected chi connectivity index (χ0v) is 15.0. The molecule has 23 heavy (non-hydrogen) atoms. The van der Waals surface area contributed by atoms with Gasteiger partial charge in [0.1, 0.15) is 5.82 Å². The van der Waals surface area contributed by atoms with Gasteiger partial charge in [-0.2, -0.15) is 0 Å². The van der Waals surface area contributed by atoms with Gasteiger partial charge in [-0.1, -0.05) is 13.0 Å². The van der Waals surface area contributed by atoms with Crippen LogP contribution in [-0.4, -0.2) is 22.4 Å². The summed E-state index contributed by atoms with van der Waals surface area (Å²) in [5.41, 5.74) is 2.16. The average Bonchev–Trinajstić information content (AvgIpc) is 2.90. The number of nitrogens with zero attached hydrogens (tertiary/aromatic N) is 2. The minimum atomic E-state index is -0.0312. The molecule has 124 valence electrons. The lowest BCUT2D eigenvalue weighted by Gasteiger charge is -2.12. The number of hydrogen-bond donors (Lipinski definition) is 2. The SMILES string of the molecule is CCc1nc(C)c(C(C)NCCC(=O)Nc2ccc(C)cn2)s1. The third-order valence-electron chi connectivity index (χ3n) is 3.55. The van der Waals surface area contributed by atoms with Crippen molar-refractivity contribution < 1.29 is 4.79 Å². The van der Waals surface area contributed by atoms with Gasteiger partial charge < -0.3 is 10.6 Å². The fourth-order valence-electron chi connectivity index (χ4n) is 2.26. The average molecular weight is 332 g/mol. The number of carbonyl (C=O) groups excluding carboxylic acids is 1. The zero-order chi connectivity index (χ0) is 16.8. The van der Waals surface area contributed by atoms with Crippen LogP contribution < -0.4 is 10.6 Å². The van der Waals surface area contributed by atoms with Gasteiger partial charge in [-0.25, -0.2) is 9.97 Å². The van der Waals surface area contributed by atoms with Crippen LogP contribution in [0, 0.1) is 13.8 Å². The smallest absolute Gasteiger partial charge is 0.226 e. The summed E-state index contributed by atoms with van der Waals surface area (Å²) in [6.45, 7) is 8.86. The molecule has 1 atom stereocenters. The summed E-state index contributed by atoms with van der Waals surface area (Å²) in [7, 11) is 0. The van der Waals surface area contributed by atoms with Crippen molar-refractivity contribution >= 4 is 23.1 Å². The van der Waals surface area contributed by atoms with E-state index in [9.17, 15) is 4.79 Å². The monoisotopic (exact) mass is 332 g/mol. The number of thiazole rings is 1. The Morgan fingerprint density at radius 3 is 2.74 bits per heavy atom. The number of hydrogen-bond acceptors (Lipinski definition) is 5. The molecule has 2 aromatic heterocycles. The first-order chi connectivity index (χ1) is 11.0. The molecule has 0 saturated heterocycles. The molecule has 6 heteroatoms. The van der Waals surface area contributed by atoms with Gasteiger partial charge >= 0.3 is 0 Å². The van der Waals surface area contributed by atoms with Gasteiger partial charge in [0.15, 0.2) is 0 Å². The summed E-state index contributed by atoms with van der Waals surface area (Å²) in [6, 6.07) is 3.95. The van der Waals surface area contributed by atoms with E-state index in [0.29, 0.717) is 18.8 Å². The van der Waals surface area contributed by atoms with E-state index in [1.54, 1.807) is 17.5 Å². The molecule has 1 unspecified atom stereocenters. The highest BCUT2D eigenvalue weighted by molar-refractivity contribution is 7.11. The van der Waals surface area contributed by atoms with E-state index in [4.69, 9.17) is 0 Å². The van der Waals surface area contributed by atoms with Crippen LogP contribution in [0.25, 0.3) is 0 Å². The van der Waals surface area contributed by atoms with E-state index in [-0.39, 0.29) is 11.9 Å². The lowest BCUT2D eigenvalue weighted by molar-refractivity contribution is -0.116. The molecule has 5 nitrogen and oxygen atoms in total. The van der Waals surface area contributed by atoms with Crippen molar-refractivity contribution in [3.63, 3.8) is 0 Å². The lowest BCUT2D eigenvalue weighted by Crippen LogP contribution is -2.24. The van der Waals surface area contributed by atoms with Crippen LogP contribution in [0.4, 0.5) is 5.82 Å². The predicted octanol–water partition coefficient (Wildman–Crippen LogP) is 3.40. The fraction of sp³-hybridized carbons (Fsp3) is 0.471. The maximum atomic E-state index is 11.9. The van der Waals surface area contributed by atoms with E-state index in [1.807, 2.05) is 26.0 Å². The van der Waals surface area contributed by atoms with Crippen LogP contribution in [0.3, 0.4) is 0 Å². The third-order valence-corrected chi connectivity index (χ3v) is 5.04. The standard InChI is InChI=1S/C17H24N4OS/c1-5-16-20-13(4)17(23-16)12(3)18-9-8-15(22)21-14-7-6-11(2)10-19-14/h6-7,10,12,18H,5,8-9H2,1-4H3,(H,19,21,22). The Morgan fingerprint density at radius 1 is 1.35 bits per heavy atom. The van der Waals surface area contributed by atoms with E-state index in [2.05, 4.69) is 34.4 Å². The van der Waals surface area contributed by atoms with Crippen molar-refractivity contribution in [3.05, 3.63) is 39.5 Å². The molecule has 2 heterocycles. The molecule has 0 aliphatic rings. The van der Waals surface area contributed by atoms with Gasteiger partial charge in [-0.3, -0.25) is 4.79 Å². The number of carbonyl (C=O) groups is 1. The van der Waals surface area contributed by atoms with E-state index < -0.39 is 0 Å². The predicted molar refractivity (Wildman–Crippen MR) is 94.9 cm³/mol. The highest BCUT2D eigenvalue weighted by Crippen LogP contribution is 2.25. The Balaban J connectivity index is 1.78. The first-order valence-corrected chi connectivity index (χ1v) is 8.73. The van der Waals surface area contributed by atoms with Crippen molar-refractivity contribution in [1.82, 2.24) is 15.3 Å². The quantitative estimate of drug-likeness (QED) is 0.815. The maximum absolute atomic E-state index is 11.9. The summed E-state index contributed by atoms with van der Waals surface area (Å²) in [5, 5.41) is 7.36. The molecular weight excluding hydrogens is 308 g/mol. The van der Waals surface area contributed by atoms with Crippen LogP contribution in [0.1, 0.15) is 47.5 Å². The van der Waals surface area contributed by atoms with Crippen molar-refractivity contribution in [3.8, 4) is 0 Å². The second kappa shape index (κ2) is 8.17. The van der Waals surface area contributed by atoms with E-state index in [1.165, 1.54) is 4.88 Å². The summed E-state index contributed by atoms with van der Waals surface area (Å²) in [4.78, 5) is 21.9. The molecule has 0 fully saturated rings. The van der Waals surface area contributed by atoms with E-state index in [0.717, 1.165) is 22.7 Å². The van der Waals surface area contributed by atoms with Gasteiger partial charge in [0, 0.05) is 30.1 Å². The van der Waals surface area contributed by atoms with Gasteiger partial charge in [0.05, 0.1) is 10.7 Å². The van der Waals surface area contributed by atoms with Crippen molar-refractivity contribution in [2.75, 3.05) is 11.9 Å². The number of pyridine rings is 1. The summed E-state index contributed by atoms with van der Waals surface area (Å²) in [5.74, 6) is 0.566. The molecule has 2 N–H and O–H groups in total. The van der Waals surface area contributed by atoms with Crippen LogP contribution >= 0.6 is 11.3 Å². The molecule has 2 rings (SSSR count). The molecule has 0 saturated carbocycles. The zero-order valence-electron chi connectivity index (χ0n) is 14.1. The molecule has 1 amide bonds. The largest absolute Gasteiger partial charge is 0.311 e. The molecule has 0 bridgehead atoms.